The summed E-state index contributed by atoms with van der Waals surface area (Å²) < 4.78 is 0. The van der Waals surface area contributed by atoms with Crippen molar-refractivity contribution in [3.05, 3.63) is 0 Å². The highest BCUT2D eigenvalue weighted by Gasteiger charge is 2.30. The standard InChI is InChI=1S/C10H18N2O/c1-8-7-9(3-4-11-8)10(13)12-5-2-6-12/h8-9,11H,2-7H2,1H3. The molecule has 0 radical (unpaired) electrons. The van der Waals surface area contributed by atoms with Gasteiger partial charge in [0.15, 0.2) is 0 Å². The Balaban J connectivity index is 1.87. The molecule has 0 bridgehead atoms. The Morgan fingerprint density at radius 3 is 2.77 bits per heavy atom. The van der Waals surface area contributed by atoms with E-state index in [1.807, 2.05) is 4.90 Å². The van der Waals surface area contributed by atoms with E-state index in [4.69, 9.17) is 0 Å². The van der Waals surface area contributed by atoms with Crippen LogP contribution in [-0.4, -0.2) is 36.5 Å². The Bertz CT molecular complexity index is 201. The number of nitrogens with zero attached hydrogens (tertiary/aromatic N) is 1. The quantitative estimate of drug-likeness (QED) is 0.644. The second-order valence-corrected chi connectivity index (χ2v) is 4.26. The van der Waals surface area contributed by atoms with Gasteiger partial charge in [0, 0.05) is 25.0 Å². The molecule has 2 heterocycles. The molecule has 2 fully saturated rings. The molecule has 74 valence electrons. The van der Waals surface area contributed by atoms with E-state index in [1.54, 1.807) is 0 Å². The van der Waals surface area contributed by atoms with Crippen molar-refractivity contribution in [1.82, 2.24) is 10.2 Å². The number of carbonyl (C=O) groups excluding carboxylic acids is 1. The molecule has 0 aromatic carbocycles. The zero-order chi connectivity index (χ0) is 9.26. The van der Waals surface area contributed by atoms with Crippen LogP contribution in [-0.2, 0) is 4.79 Å². The molecule has 2 rings (SSSR count). The van der Waals surface area contributed by atoms with Crippen LogP contribution in [0.5, 0.6) is 0 Å². The zero-order valence-corrected chi connectivity index (χ0v) is 8.25. The molecule has 13 heavy (non-hydrogen) atoms. The van der Waals surface area contributed by atoms with Gasteiger partial charge in [-0.1, -0.05) is 0 Å². The van der Waals surface area contributed by atoms with Crippen LogP contribution >= 0.6 is 0 Å². The second-order valence-electron chi connectivity index (χ2n) is 4.26. The minimum Gasteiger partial charge on any atom is -0.342 e. The lowest BCUT2D eigenvalue weighted by Gasteiger charge is -2.36. The fraction of sp³-hybridized carbons (Fsp3) is 0.900. The number of nitrogens with one attached hydrogen (secondary N) is 1. The van der Waals surface area contributed by atoms with E-state index in [9.17, 15) is 4.79 Å². The number of carbonyl (C=O) groups is 1. The van der Waals surface area contributed by atoms with Crippen molar-refractivity contribution in [2.75, 3.05) is 19.6 Å². The number of hydrogen-bond donors (Lipinski definition) is 1. The molecule has 2 aliphatic rings. The summed E-state index contributed by atoms with van der Waals surface area (Å²) in [5, 5.41) is 3.37. The molecule has 2 unspecified atom stereocenters. The van der Waals surface area contributed by atoms with E-state index in [0.717, 1.165) is 32.5 Å². The average Bonchev–Trinajstić information content (AvgIpc) is 2.01. The third-order valence-corrected chi connectivity index (χ3v) is 3.14. The first-order valence-electron chi connectivity index (χ1n) is 5.29. The molecule has 0 spiro atoms. The van der Waals surface area contributed by atoms with Crippen molar-refractivity contribution < 1.29 is 4.79 Å². The summed E-state index contributed by atoms with van der Waals surface area (Å²) in [5.74, 6) is 0.705. The summed E-state index contributed by atoms with van der Waals surface area (Å²) in [4.78, 5) is 13.8. The van der Waals surface area contributed by atoms with Gasteiger partial charge in [-0.3, -0.25) is 4.79 Å². The summed E-state index contributed by atoms with van der Waals surface area (Å²) >= 11 is 0. The van der Waals surface area contributed by atoms with E-state index in [0.29, 0.717) is 17.9 Å². The topological polar surface area (TPSA) is 32.3 Å². The van der Waals surface area contributed by atoms with Gasteiger partial charge in [0.05, 0.1) is 0 Å². The van der Waals surface area contributed by atoms with Crippen LogP contribution < -0.4 is 5.32 Å². The molecule has 0 aromatic heterocycles. The first kappa shape index (κ1) is 9.00. The van der Waals surface area contributed by atoms with Gasteiger partial charge in [0.25, 0.3) is 0 Å². The molecule has 1 amide bonds. The van der Waals surface area contributed by atoms with Gasteiger partial charge in [0.2, 0.25) is 5.91 Å². The van der Waals surface area contributed by atoms with Gasteiger partial charge in [0.1, 0.15) is 0 Å². The number of hydrogen-bond acceptors (Lipinski definition) is 2. The Morgan fingerprint density at radius 2 is 2.23 bits per heavy atom. The van der Waals surface area contributed by atoms with Crippen molar-refractivity contribution >= 4 is 5.91 Å². The van der Waals surface area contributed by atoms with Gasteiger partial charge in [-0.25, -0.2) is 0 Å². The van der Waals surface area contributed by atoms with E-state index in [1.165, 1.54) is 6.42 Å². The van der Waals surface area contributed by atoms with Crippen LogP contribution in [0, 0.1) is 5.92 Å². The molecule has 3 heteroatoms. The SMILES string of the molecule is CC1CC(C(=O)N2CCC2)CCN1. The van der Waals surface area contributed by atoms with Crippen LogP contribution in [0.25, 0.3) is 0 Å². The first-order chi connectivity index (χ1) is 6.27. The molecule has 2 saturated heterocycles. The monoisotopic (exact) mass is 182 g/mol. The highest BCUT2D eigenvalue weighted by Crippen LogP contribution is 2.21. The maximum atomic E-state index is 11.8. The third kappa shape index (κ3) is 1.85. The number of likely N-dealkylation sites (tertiary alicyclic amines) is 1. The number of amides is 1. The summed E-state index contributed by atoms with van der Waals surface area (Å²) in [6.07, 6.45) is 3.25. The largest absolute Gasteiger partial charge is 0.342 e. The van der Waals surface area contributed by atoms with Crippen molar-refractivity contribution in [3.63, 3.8) is 0 Å². The smallest absolute Gasteiger partial charge is 0.225 e. The molecular weight excluding hydrogens is 164 g/mol. The van der Waals surface area contributed by atoms with E-state index in [-0.39, 0.29) is 0 Å². The Hall–Kier alpha value is -0.570. The predicted molar refractivity (Wildman–Crippen MR) is 51.4 cm³/mol. The van der Waals surface area contributed by atoms with Crippen molar-refractivity contribution in [2.45, 2.75) is 32.2 Å². The molecule has 2 atom stereocenters. The highest BCUT2D eigenvalue weighted by atomic mass is 16.2. The van der Waals surface area contributed by atoms with Crippen molar-refractivity contribution in [3.8, 4) is 0 Å². The van der Waals surface area contributed by atoms with Gasteiger partial charge >= 0.3 is 0 Å². The maximum absolute atomic E-state index is 11.8. The average molecular weight is 182 g/mol. The van der Waals surface area contributed by atoms with Gasteiger partial charge in [-0.2, -0.15) is 0 Å². The van der Waals surface area contributed by atoms with Crippen LogP contribution in [0.3, 0.4) is 0 Å². The highest BCUT2D eigenvalue weighted by molar-refractivity contribution is 5.79. The lowest BCUT2D eigenvalue weighted by molar-refractivity contribution is -0.140. The van der Waals surface area contributed by atoms with E-state index < -0.39 is 0 Å². The van der Waals surface area contributed by atoms with Crippen LogP contribution in [0.1, 0.15) is 26.2 Å². The summed E-state index contributed by atoms with van der Waals surface area (Å²) in [5.41, 5.74) is 0. The normalized spacial score (nSPS) is 34.1. The molecule has 3 nitrogen and oxygen atoms in total. The molecule has 0 aliphatic carbocycles. The van der Waals surface area contributed by atoms with Crippen LogP contribution in [0.2, 0.25) is 0 Å². The third-order valence-electron chi connectivity index (χ3n) is 3.14. The minimum atomic E-state index is 0.302. The van der Waals surface area contributed by atoms with Crippen molar-refractivity contribution in [1.29, 1.82) is 0 Å². The van der Waals surface area contributed by atoms with E-state index in [2.05, 4.69) is 12.2 Å². The fourth-order valence-corrected chi connectivity index (χ4v) is 2.15. The van der Waals surface area contributed by atoms with Gasteiger partial charge < -0.3 is 10.2 Å². The summed E-state index contributed by atoms with van der Waals surface area (Å²) in [6, 6.07) is 0.518. The Labute approximate surface area is 79.5 Å². The Kier molecular flexibility index (Phi) is 2.54. The first-order valence-corrected chi connectivity index (χ1v) is 5.29. The van der Waals surface area contributed by atoms with Gasteiger partial charge in [-0.15, -0.1) is 0 Å². The van der Waals surface area contributed by atoms with E-state index >= 15 is 0 Å². The molecule has 2 aliphatic heterocycles. The van der Waals surface area contributed by atoms with Crippen LogP contribution in [0.4, 0.5) is 0 Å². The van der Waals surface area contributed by atoms with Crippen LogP contribution in [0.15, 0.2) is 0 Å². The second kappa shape index (κ2) is 3.66. The predicted octanol–water partition coefficient (Wildman–Crippen LogP) is 0.607. The molecule has 1 N–H and O–H groups in total. The minimum absolute atomic E-state index is 0.302. The zero-order valence-electron chi connectivity index (χ0n) is 8.25. The lowest BCUT2D eigenvalue weighted by atomic mass is 9.91. The summed E-state index contributed by atoms with van der Waals surface area (Å²) in [6.45, 7) is 5.16. The fourth-order valence-electron chi connectivity index (χ4n) is 2.15. The van der Waals surface area contributed by atoms with Gasteiger partial charge in [-0.05, 0) is 32.7 Å². The number of piperidine rings is 1. The van der Waals surface area contributed by atoms with Crippen molar-refractivity contribution in [2.24, 2.45) is 5.92 Å². The molecule has 0 saturated carbocycles. The molecule has 0 aromatic rings. The lowest BCUT2D eigenvalue weighted by Crippen LogP contribution is -2.49. The summed E-state index contributed by atoms with van der Waals surface area (Å²) in [7, 11) is 0. The molecular formula is C10H18N2O. The maximum Gasteiger partial charge on any atom is 0.225 e. The Morgan fingerprint density at radius 1 is 1.46 bits per heavy atom. The number of rotatable bonds is 1.